The van der Waals surface area contributed by atoms with Crippen molar-refractivity contribution in [1.29, 1.82) is 0 Å². The van der Waals surface area contributed by atoms with Gasteiger partial charge in [-0.1, -0.05) is 64.4 Å². The van der Waals surface area contributed by atoms with Crippen molar-refractivity contribution in [3.05, 3.63) is 35.9 Å². The fourth-order valence-corrected chi connectivity index (χ4v) is 3.84. The van der Waals surface area contributed by atoms with Gasteiger partial charge in [0.05, 0.1) is 6.04 Å². The quantitative estimate of drug-likeness (QED) is 0.168. The maximum Gasteiger partial charge on any atom is 0.326 e. The van der Waals surface area contributed by atoms with Gasteiger partial charge < -0.3 is 32.5 Å². The molecule has 0 heterocycles. The Morgan fingerprint density at radius 1 is 0.865 bits per heavy atom. The smallest absolute Gasteiger partial charge is 0.326 e. The van der Waals surface area contributed by atoms with Gasteiger partial charge in [0.2, 0.25) is 17.7 Å². The summed E-state index contributed by atoms with van der Waals surface area (Å²) in [6.45, 7) is 7.95. The molecule has 0 aliphatic heterocycles. The molecular weight excluding hydrogens is 474 g/mol. The van der Waals surface area contributed by atoms with Crippen molar-refractivity contribution in [2.45, 2.75) is 90.4 Å². The summed E-state index contributed by atoms with van der Waals surface area (Å²) in [6, 6.07) is 5.39. The van der Waals surface area contributed by atoms with E-state index < -0.39 is 47.9 Å². The molecule has 1 rings (SSSR count). The summed E-state index contributed by atoms with van der Waals surface area (Å²) >= 11 is 0. The molecule has 0 fully saturated rings. The van der Waals surface area contributed by atoms with Crippen LogP contribution in [0.2, 0.25) is 0 Å². The van der Waals surface area contributed by atoms with E-state index in [1.54, 1.807) is 0 Å². The van der Waals surface area contributed by atoms with Crippen LogP contribution in [0, 0.1) is 11.8 Å². The molecule has 0 aliphatic carbocycles. The minimum atomic E-state index is -1.14. The normalized spacial score (nSPS) is 15.2. The topological polar surface area (TPSA) is 177 Å². The third kappa shape index (κ3) is 11.7. The molecule has 208 valence electrons. The Labute approximate surface area is 220 Å². The Morgan fingerprint density at radius 2 is 1.43 bits per heavy atom. The van der Waals surface area contributed by atoms with Crippen LogP contribution >= 0.6 is 0 Å². The van der Waals surface area contributed by atoms with E-state index in [1.807, 2.05) is 58.0 Å². The standard InChI is InChI=1S/C27H45N5O5/c1-5-18(4)23(29)26(35)31-21(16-19-11-7-6-8-12-19)25(34)30-20(13-9-10-14-28)24(33)32-22(27(36)37)15-17(2)3/h6-8,11-12,17-18,20-23H,5,9-10,13-16,28-29H2,1-4H3,(H,30,34)(H,31,35)(H,32,33)(H,36,37). The fraction of sp³-hybridized carbons (Fsp3) is 0.630. The van der Waals surface area contributed by atoms with Crippen LogP contribution in [0.1, 0.15) is 65.4 Å². The van der Waals surface area contributed by atoms with Gasteiger partial charge in [-0.2, -0.15) is 0 Å². The van der Waals surface area contributed by atoms with Crippen LogP contribution in [0.5, 0.6) is 0 Å². The molecule has 0 radical (unpaired) electrons. The van der Waals surface area contributed by atoms with Crippen LogP contribution in [0.4, 0.5) is 0 Å². The maximum absolute atomic E-state index is 13.4. The summed E-state index contributed by atoms with van der Waals surface area (Å²) in [5.41, 5.74) is 12.5. The number of benzene rings is 1. The zero-order valence-electron chi connectivity index (χ0n) is 22.5. The first-order valence-corrected chi connectivity index (χ1v) is 13.1. The van der Waals surface area contributed by atoms with Gasteiger partial charge in [0.25, 0.3) is 0 Å². The predicted molar refractivity (Wildman–Crippen MR) is 143 cm³/mol. The number of amides is 3. The van der Waals surface area contributed by atoms with E-state index >= 15 is 0 Å². The Balaban J connectivity index is 3.12. The fourth-order valence-electron chi connectivity index (χ4n) is 3.84. The summed E-state index contributed by atoms with van der Waals surface area (Å²) < 4.78 is 0. The van der Waals surface area contributed by atoms with Crippen molar-refractivity contribution in [2.75, 3.05) is 6.54 Å². The summed E-state index contributed by atoms with van der Waals surface area (Å²) in [5.74, 6) is -2.74. The Bertz CT molecular complexity index is 864. The number of hydrogen-bond acceptors (Lipinski definition) is 6. The lowest BCUT2D eigenvalue weighted by Gasteiger charge is -2.26. The number of hydrogen-bond donors (Lipinski definition) is 6. The molecule has 1 aromatic carbocycles. The van der Waals surface area contributed by atoms with Gasteiger partial charge in [-0.3, -0.25) is 14.4 Å². The van der Waals surface area contributed by atoms with E-state index in [-0.39, 0.29) is 31.1 Å². The highest BCUT2D eigenvalue weighted by Crippen LogP contribution is 2.10. The highest BCUT2D eigenvalue weighted by atomic mass is 16.4. The Kier molecular flexibility index (Phi) is 14.5. The van der Waals surface area contributed by atoms with Crippen molar-refractivity contribution in [3.8, 4) is 0 Å². The number of carboxylic acid groups (broad SMARTS) is 1. The van der Waals surface area contributed by atoms with Crippen molar-refractivity contribution < 1.29 is 24.3 Å². The largest absolute Gasteiger partial charge is 0.480 e. The number of carbonyl (C=O) groups excluding carboxylic acids is 3. The second-order valence-electron chi connectivity index (χ2n) is 10.0. The molecule has 3 amide bonds. The predicted octanol–water partition coefficient (Wildman–Crippen LogP) is 1.32. The van der Waals surface area contributed by atoms with Crippen LogP contribution in [-0.2, 0) is 25.6 Å². The van der Waals surface area contributed by atoms with Gasteiger partial charge in [0.1, 0.15) is 18.1 Å². The average molecular weight is 520 g/mol. The van der Waals surface area contributed by atoms with E-state index in [4.69, 9.17) is 11.5 Å². The Hall–Kier alpha value is -2.98. The number of nitrogens with one attached hydrogen (secondary N) is 3. The van der Waals surface area contributed by atoms with E-state index in [2.05, 4.69) is 16.0 Å². The zero-order valence-corrected chi connectivity index (χ0v) is 22.5. The lowest BCUT2D eigenvalue weighted by molar-refractivity contribution is -0.142. The summed E-state index contributed by atoms with van der Waals surface area (Å²) in [5, 5.41) is 17.6. The average Bonchev–Trinajstić information content (AvgIpc) is 2.86. The SMILES string of the molecule is CCC(C)C(N)C(=O)NC(Cc1ccccc1)C(=O)NC(CCCCN)C(=O)NC(CC(C)C)C(=O)O. The molecule has 8 N–H and O–H groups in total. The zero-order chi connectivity index (χ0) is 28.0. The summed E-state index contributed by atoms with van der Waals surface area (Å²) in [4.78, 5) is 51.0. The van der Waals surface area contributed by atoms with Gasteiger partial charge >= 0.3 is 5.97 Å². The number of unbranched alkanes of at least 4 members (excludes halogenated alkanes) is 1. The molecule has 1 aromatic rings. The third-order valence-electron chi connectivity index (χ3n) is 6.38. The van der Waals surface area contributed by atoms with E-state index in [1.165, 1.54) is 0 Å². The molecule has 0 saturated heterocycles. The molecule has 0 bridgehead atoms. The second kappa shape index (κ2) is 16.7. The first-order valence-electron chi connectivity index (χ1n) is 13.1. The number of nitrogens with two attached hydrogens (primary N) is 2. The van der Waals surface area contributed by atoms with E-state index in [9.17, 15) is 24.3 Å². The highest BCUT2D eigenvalue weighted by molar-refractivity contribution is 5.94. The van der Waals surface area contributed by atoms with Crippen LogP contribution in [-0.4, -0.2) is 59.5 Å². The first-order chi connectivity index (χ1) is 17.5. The molecule has 10 heteroatoms. The molecular formula is C27H45N5O5. The van der Waals surface area contributed by atoms with Gasteiger partial charge in [-0.15, -0.1) is 0 Å². The van der Waals surface area contributed by atoms with Gasteiger partial charge in [0.15, 0.2) is 0 Å². The summed E-state index contributed by atoms with van der Waals surface area (Å²) in [7, 11) is 0. The van der Waals surface area contributed by atoms with Crippen molar-refractivity contribution in [2.24, 2.45) is 23.3 Å². The molecule has 0 aromatic heterocycles. The molecule has 0 saturated carbocycles. The molecule has 5 unspecified atom stereocenters. The summed E-state index contributed by atoms with van der Waals surface area (Å²) in [6.07, 6.45) is 2.64. The minimum Gasteiger partial charge on any atom is -0.480 e. The lowest BCUT2D eigenvalue weighted by atomic mass is 9.98. The van der Waals surface area contributed by atoms with Gasteiger partial charge in [0, 0.05) is 6.42 Å². The van der Waals surface area contributed by atoms with Crippen LogP contribution in [0.3, 0.4) is 0 Å². The van der Waals surface area contributed by atoms with E-state index in [0.29, 0.717) is 25.8 Å². The van der Waals surface area contributed by atoms with Crippen LogP contribution in [0.25, 0.3) is 0 Å². The van der Waals surface area contributed by atoms with Crippen molar-refractivity contribution in [1.82, 2.24) is 16.0 Å². The molecule has 0 spiro atoms. The van der Waals surface area contributed by atoms with Gasteiger partial charge in [-0.25, -0.2) is 4.79 Å². The highest BCUT2D eigenvalue weighted by Gasteiger charge is 2.31. The number of carboxylic acids is 1. The Morgan fingerprint density at radius 3 is 1.97 bits per heavy atom. The third-order valence-corrected chi connectivity index (χ3v) is 6.38. The number of carbonyl (C=O) groups is 4. The van der Waals surface area contributed by atoms with Gasteiger partial charge in [-0.05, 0) is 49.6 Å². The van der Waals surface area contributed by atoms with Crippen molar-refractivity contribution >= 4 is 23.7 Å². The van der Waals surface area contributed by atoms with E-state index in [0.717, 1.165) is 5.56 Å². The molecule has 5 atom stereocenters. The maximum atomic E-state index is 13.4. The number of aliphatic carboxylic acids is 1. The van der Waals surface area contributed by atoms with Crippen LogP contribution < -0.4 is 27.4 Å². The lowest BCUT2D eigenvalue weighted by Crippen LogP contribution is -2.58. The monoisotopic (exact) mass is 519 g/mol. The molecule has 0 aliphatic rings. The first kappa shape index (κ1) is 32.0. The second-order valence-corrected chi connectivity index (χ2v) is 10.0. The van der Waals surface area contributed by atoms with Crippen molar-refractivity contribution in [3.63, 3.8) is 0 Å². The minimum absolute atomic E-state index is 0.0480. The molecule has 37 heavy (non-hydrogen) atoms. The molecule has 10 nitrogen and oxygen atoms in total. The number of rotatable bonds is 17. The van der Waals surface area contributed by atoms with Crippen LogP contribution in [0.15, 0.2) is 30.3 Å².